The molecule has 0 bridgehead atoms. The summed E-state index contributed by atoms with van der Waals surface area (Å²) < 4.78 is 27.2. The van der Waals surface area contributed by atoms with Crippen molar-refractivity contribution in [2.75, 3.05) is 18.4 Å². The maximum absolute atomic E-state index is 12.9. The number of nitrogens with zero attached hydrogens (tertiary/aromatic N) is 1. The third-order valence-electron chi connectivity index (χ3n) is 6.49. The quantitative estimate of drug-likeness (QED) is 0.637. The molecule has 1 atom stereocenters. The van der Waals surface area contributed by atoms with E-state index in [-0.39, 0.29) is 10.8 Å². The van der Waals surface area contributed by atoms with E-state index >= 15 is 0 Å². The zero-order chi connectivity index (χ0) is 21.6. The number of fused-ring (bicyclic) bond motifs is 3. The van der Waals surface area contributed by atoms with Gasteiger partial charge in [-0.1, -0.05) is 13.0 Å². The summed E-state index contributed by atoms with van der Waals surface area (Å²) in [5.41, 5.74) is 4.72. The summed E-state index contributed by atoms with van der Waals surface area (Å²) in [6.07, 6.45) is 5.03. The molecule has 1 saturated heterocycles. The molecule has 2 aromatic carbocycles. The lowest BCUT2D eigenvalue weighted by Gasteiger charge is -2.18. The first-order valence-corrected chi connectivity index (χ1v) is 12.4. The normalized spacial score (nSPS) is 19.5. The summed E-state index contributed by atoms with van der Waals surface area (Å²) in [6.45, 7) is 3.37. The van der Waals surface area contributed by atoms with Crippen LogP contribution in [0.3, 0.4) is 0 Å². The van der Waals surface area contributed by atoms with Gasteiger partial charge >= 0.3 is 0 Å². The molecule has 5 rings (SSSR count). The molecule has 1 aromatic heterocycles. The van der Waals surface area contributed by atoms with E-state index < -0.39 is 10.0 Å². The molecule has 0 unspecified atom stereocenters. The molecule has 1 fully saturated rings. The van der Waals surface area contributed by atoms with Crippen molar-refractivity contribution in [3.05, 3.63) is 59.3 Å². The molecule has 0 saturated carbocycles. The summed E-state index contributed by atoms with van der Waals surface area (Å²) >= 11 is 0. The molecule has 7 heteroatoms. The molecule has 1 amide bonds. The van der Waals surface area contributed by atoms with Crippen LogP contribution in [0.15, 0.2) is 47.4 Å². The molecule has 0 spiro atoms. The number of aromatic amines is 1. The Morgan fingerprint density at radius 2 is 1.94 bits per heavy atom. The van der Waals surface area contributed by atoms with Gasteiger partial charge in [0.25, 0.3) is 5.91 Å². The Kier molecular flexibility index (Phi) is 5.10. The van der Waals surface area contributed by atoms with E-state index in [1.54, 1.807) is 24.3 Å². The fourth-order valence-corrected chi connectivity index (χ4v) is 6.31. The molecule has 3 aromatic rings. The molecule has 162 valence electrons. The third-order valence-corrected chi connectivity index (χ3v) is 8.39. The Morgan fingerprint density at radius 3 is 2.74 bits per heavy atom. The van der Waals surface area contributed by atoms with Crippen molar-refractivity contribution in [3.8, 4) is 0 Å². The topological polar surface area (TPSA) is 82.3 Å². The number of amides is 1. The van der Waals surface area contributed by atoms with E-state index in [0.717, 1.165) is 36.6 Å². The summed E-state index contributed by atoms with van der Waals surface area (Å²) in [6, 6.07) is 12.2. The second kappa shape index (κ2) is 7.80. The lowest BCUT2D eigenvalue weighted by molar-refractivity contribution is 0.102. The molecule has 6 nitrogen and oxygen atoms in total. The van der Waals surface area contributed by atoms with Gasteiger partial charge in [-0.2, -0.15) is 4.31 Å². The predicted molar refractivity (Wildman–Crippen MR) is 122 cm³/mol. The maximum Gasteiger partial charge on any atom is 0.255 e. The van der Waals surface area contributed by atoms with Gasteiger partial charge in [0.05, 0.1) is 4.90 Å². The van der Waals surface area contributed by atoms with Crippen LogP contribution in [0.5, 0.6) is 0 Å². The van der Waals surface area contributed by atoms with Gasteiger partial charge in [0.15, 0.2) is 0 Å². The van der Waals surface area contributed by atoms with Gasteiger partial charge in [0, 0.05) is 40.9 Å². The average Bonchev–Trinajstić information content (AvgIpc) is 3.42. The third kappa shape index (κ3) is 3.77. The lowest BCUT2D eigenvalue weighted by Crippen LogP contribution is -2.27. The number of hydrogen-bond donors (Lipinski definition) is 2. The fourth-order valence-electron chi connectivity index (χ4n) is 4.75. The van der Waals surface area contributed by atoms with Gasteiger partial charge in [0.1, 0.15) is 0 Å². The summed E-state index contributed by atoms with van der Waals surface area (Å²) in [4.78, 5) is 16.7. The standard InChI is InChI=1S/C24H27N3O3S/c1-16-7-9-22-20(13-16)21-14-17(8-10-23(21)26-22)24(28)25-18-5-4-6-19(15-18)31(29,30)27-11-2-3-12-27/h4-6,8,10,14-16,26H,2-3,7,9,11-13H2,1H3,(H,25,28)/t16-/m0/s1. The predicted octanol–water partition coefficient (Wildman–Crippen LogP) is 4.33. The first-order chi connectivity index (χ1) is 14.9. The number of sulfonamides is 1. The van der Waals surface area contributed by atoms with Crippen LogP contribution in [0.4, 0.5) is 5.69 Å². The zero-order valence-electron chi connectivity index (χ0n) is 17.6. The molecule has 1 aliphatic heterocycles. The highest BCUT2D eigenvalue weighted by Crippen LogP contribution is 2.32. The lowest BCUT2D eigenvalue weighted by atomic mass is 9.87. The smallest absolute Gasteiger partial charge is 0.255 e. The van der Waals surface area contributed by atoms with Crippen molar-refractivity contribution < 1.29 is 13.2 Å². The number of aromatic nitrogens is 1. The van der Waals surface area contributed by atoms with Crippen LogP contribution >= 0.6 is 0 Å². The average molecular weight is 438 g/mol. The van der Waals surface area contributed by atoms with Crippen molar-refractivity contribution >= 4 is 32.5 Å². The number of hydrogen-bond acceptors (Lipinski definition) is 3. The minimum Gasteiger partial charge on any atom is -0.358 e. The van der Waals surface area contributed by atoms with Crippen molar-refractivity contribution in [1.29, 1.82) is 0 Å². The first kappa shape index (κ1) is 20.3. The second-order valence-electron chi connectivity index (χ2n) is 8.78. The van der Waals surface area contributed by atoms with Gasteiger partial charge in [-0.15, -0.1) is 0 Å². The Morgan fingerprint density at radius 1 is 1.13 bits per heavy atom. The Labute approximate surface area is 182 Å². The van der Waals surface area contributed by atoms with Gasteiger partial charge in [0.2, 0.25) is 10.0 Å². The first-order valence-electron chi connectivity index (χ1n) is 11.0. The van der Waals surface area contributed by atoms with Crippen LogP contribution in [-0.2, 0) is 22.9 Å². The van der Waals surface area contributed by atoms with Crippen LogP contribution in [0, 0.1) is 5.92 Å². The van der Waals surface area contributed by atoms with E-state index in [1.807, 2.05) is 18.2 Å². The van der Waals surface area contributed by atoms with Crippen molar-refractivity contribution in [1.82, 2.24) is 9.29 Å². The van der Waals surface area contributed by atoms with E-state index in [9.17, 15) is 13.2 Å². The van der Waals surface area contributed by atoms with E-state index in [4.69, 9.17) is 0 Å². The Balaban J connectivity index is 1.40. The van der Waals surface area contributed by atoms with Crippen LogP contribution in [0.1, 0.15) is 47.8 Å². The zero-order valence-corrected chi connectivity index (χ0v) is 18.5. The van der Waals surface area contributed by atoms with Crippen molar-refractivity contribution in [2.45, 2.75) is 43.9 Å². The molecule has 0 radical (unpaired) electrons. The number of aryl methyl sites for hydroxylation is 1. The number of anilines is 1. The summed E-state index contributed by atoms with van der Waals surface area (Å²) in [7, 11) is -3.52. The van der Waals surface area contributed by atoms with Gasteiger partial charge in [-0.3, -0.25) is 4.79 Å². The van der Waals surface area contributed by atoms with Crippen LogP contribution < -0.4 is 5.32 Å². The Bertz CT molecular complexity index is 1260. The van der Waals surface area contributed by atoms with Crippen molar-refractivity contribution in [2.24, 2.45) is 5.92 Å². The van der Waals surface area contributed by atoms with Gasteiger partial charge in [-0.25, -0.2) is 8.42 Å². The van der Waals surface area contributed by atoms with E-state index in [0.29, 0.717) is 30.3 Å². The minimum absolute atomic E-state index is 0.219. The van der Waals surface area contributed by atoms with E-state index in [1.165, 1.54) is 22.0 Å². The number of carbonyl (C=O) groups excluding carboxylic acids is 1. The highest BCUT2D eigenvalue weighted by molar-refractivity contribution is 7.89. The molecular formula is C24H27N3O3S. The summed E-state index contributed by atoms with van der Waals surface area (Å²) in [5.74, 6) is 0.403. The minimum atomic E-state index is -3.52. The van der Waals surface area contributed by atoms with Gasteiger partial charge in [-0.05, 0) is 80.0 Å². The molecule has 2 N–H and O–H groups in total. The SMILES string of the molecule is C[C@H]1CCc2[nH]c3ccc(C(=O)Nc4cccc(S(=O)(=O)N5CCCC5)c4)cc3c2C1. The monoisotopic (exact) mass is 437 g/mol. The molecule has 2 heterocycles. The Hall–Kier alpha value is -2.64. The largest absolute Gasteiger partial charge is 0.358 e. The molecule has 2 aliphatic rings. The molecular weight excluding hydrogens is 410 g/mol. The maximum atomic E-state index is 12.9. The van der Waals surface area contributed by atoms with E-state index in [2.05, 4.69) is 17.2 Å². The number of rotatable bonds is 4. The van der Waals surface area contributed by atoms with Crippen molar-refractivity contribution in [3.63, 3.8) is 0 Å². The number of nitrogens with one attached hydrogen (secondary N) is 2. The van der Waals surface area contributed by atoms with Crippen LogP contribution in [-0.4, -0.2) is 36.7 Å². The summed E-state index contributed by atoms with van der Waals surface area (Å²) in [5, 5.41) is 3.99. The molecule has 1 aliphatic carbocycles. The number of benzene rings is 2. The highest BCUT2D eigenvalue weighted by Gasteiger charge is 2.27. The van der Waals surface area contributed by atoms with Gasteiger partial charge < -0.3 is 10.3 Å². The van der Waals surface area contributed by atoms with Crippen LogP contribution in [0.25, 0.3) is 10.9 Å². The number of H-pyrrole nitrogens is 1. The fraction of sp³-hybridized carbons (Fsp3) is 0.375. The molecule has 31 heavy (non-hydrogen) atoms. The van der Waals surface area contributed by atoms with Crippen LogP contribution in [0.2, 0.25) is 0 Å². The second-order valence-corrected chi connectivity index (χ2v) is 10.7. The highest BCUT2D eigenvalue weighted by atomic mass is 32.2. The number of carbonyl (C=O) groups is 1.